The monoisotopic (exact) mass is 789 g/mol. The number of aromatic nitrogens is 5. The van der Waals surface area contributed by atoms with Crippen LogP contribution in [0.4, 0.5) is 11.4 Å². The normalized spacial score (nSPS) is 11.5. The summed E-state index contributed by atoms with van der Waals surface area (Å²) in [6, 6.07) is 63.9. The van der Waals surface area contributed by atoms with Crippen molar-refractivity contribution in [1.29, 1.82) is 0 Å². The SMILES string of the molecule is [C-]#[N+]c1ccc(-n2c3ccccc3c3c4ccccc4ccc32)c(-c2nc(-c3ccccc3)nc(-c3cc([N+]#[C-])ccc3-n3c4ccccc4c4c5ccccc5ccc43)n2)c1. The minimum absolute atomic E-state index is 0.411. The quantitative estimate of drug-likeness (QED) is 0.163. The first-order valence-electron chi connectivity index (χ1n) is 20.3. The highest BCUT2D eigenvalue weighted by molar-refractivity contribution is 6.22. The van der Waals surface area contributed by atoms with E-state index in [9.17, 15) is 0 Å². The Morgan fingerprint density at radius 3 is 1.26 bits per heavy atom. The molecule has 0 radical (unpaired) electrons. The summed E-state index contributed by atoms with van der Waals surface area (Å²) in [7, 11) is 0. The Bertz CT molecular complexity index is 3670. The summed E-state index contributed by atoms with van der Waals surface area (Å²) >= 11 is 0. The lowest BCUT2D eigenvalue weighted by atomic mass is 10.0. The van der Waals surface area contributed by atoms with Crippen LogP contribution >= 0.6 is 0 Å². The van der Waals surface area contributed by atoms with Crippen LogP contribution in [0.25, 0.3) is 120 Å². The molecule has 0 aliphatic rings. The first-order chi connectivity index (χ1) is 30.7. The lowest BCUT2D eigenvalue weighted by Gasteiger charge is -2.17. The average Bonchev–Trinajstić information content (AvgIpc) is 3.87. The van der Waals surface area contributed by atoms with E-state index in [4.69, 9.17) is 28.1 Å². The molecule has 9 aromatic carbocycles. The van der Waals surface area contributed by atoms with Gasteiger partial charge in [0.15, 0.2) is 28.8 Å². The molecule has 12 rings (SSSR count). The third-order valence-electron chi connectivity index (χ3n) is 12.0. The summed E-state index contributed by atoms with van der Waals surface area (Å²) in [6.07, 6.45) is 0. The molecule has 0 saturated carbocycles. The third kappa shape index (κ3) is 5.33. The van der Waals surface area contributed by atoms with Crippen molar-refractivity contribution >= 4 is 76.5 Å². The summed E-state index contributed by atoms with van der Waals surface area (Å²) in [5.41, 5.74) is 8.89. The van der Waals surface area contributed by atoms with Crippen molar-refractivity contribution in [3.05, 3.63) is 211 Å². The number of nitrogens with zero attached hydrogens (tertiary/aromatic N) is 7. The van der Waals surface area contributed by atoms with Crippen LogP contribution in [0.1, 0.15) is 0 Å². The fraction of sp³-hybridized carbons (Fsp3) is 0. The van der Waals surface area contributed by atoms with Gasteiger partial charge >= 0.3 is 0 Å². The molecular formula is C55H31N7. The second-order valence-corrected chi connectivity index (χ2v) is 15.4. The van der Waals surface area contributed by atoms with Crippen LogP contribution in [0.5, 0.6) is 0 Å². The standard InChI is InChI=1S/C55H31N7/c1-56-37-26-30-47(61-45-22-12-10-20-41(45)51-39-18-8-6-14-34(39)24-28-49(51)61)43(32-37)54-58-53(36-16-4-3-5-17-36)59-55(60-54)44-33-38(57-2)27-31-48(44)62-46-23-13-11-21-42(46)52-40-19-9-7-15-35(40)25-29-50(52)62/h3-33H. The molecule has 12 aromatic rings. The minimum Gasteiger partial charge on any atom is -0.309 e. The summed E-state index contributed by atoms with van der Waals surface area (Å²) < 4.78 is 4.53. The van der Waals surface area contributed by atoms with Gasteiger partial charge in [-0.25, -0.2) is 24.6 Å². The smallest absolute Gasteiger partial charge is 0.188 e. The topological polar surface area (TPSA) is 57.2 Å². The van der Waals surface area contributed by atoms with Crippen molar-refractivity contribution in [3.8, 4) is 45.5 Å². The number of hydrogen-bond donors (Lipinski definition) is 0. The van der Waals surface area contributed by atoms with Crippen molar-refractivity contribution in [2.24, 2.45) is 0 Å². The molecule has 0 unspecified atom stereocenters. The predicted octanol–water partition coefficient (Wildman–Crippen LogP) is 14.5. The molecule has 0 amide bonds. The maximum absolute atomic E-state index is 8.12. The van der Waals surface area contributed by atoms with Gasteiger partial charge in [-0.3, -0.25) is 0 Å². The van der Waals surface area contributed by atoms with Crippen LogP contribution in [0, 0.1) is 13.1 Å². The maximum atomic E-state index is 8.12. The Balaban J connectivity index is 1.17. The maximum Gasteiger partial charge on any atom is 0.188 e. The van der Waals surface area contributed by atoms with E-state index in [1.165, 1.54) is 10.8 Å². The molecule has 0 aliphatic heterocycles. The minimum atomic E-state index is 0.411. The van der Waals surface area contributed by atoms with Crippen LogP contribution < -0.4 is 0 Å². The number of hydrogen-bond acceptors (Lipinski definition) is 3. The average molecular weight is 790 g/mol. The molecule has 3 aromatic heterocycles. The highest BCUT2D eigenvalue weighted by Gasteiger charge is 2.23. The first kappa shape index (κ1) is 35.1. The summed E-state index contributed by atoms with van der Waals surface area (Å²) in [5.74, 6) is 1.30. The molecule has 0 N–H and O–H groups in total. The molecule has 7 nitrogen and oxygen atoms in total. The fourth-order valence-corrected chi connectivity index (χ4v) is 9.27. The third-order valence-corrected chi connectivity index (χ3v) is 12.0. The van der Waals surface area contributed by atoms with Gasteiger partial charge in [0.1, 0.15) is 0 Å². The van der Waals surface area contributed by atoms with Crippen molar-refractivity contribution < 1.29 is 0 Å². The summed E-state index contributed by atoms with van der Waals surface area (Å²) in [6.45, 7) is 16.2. The van der Waals surface area contributed by atoms with Crippen LogP contribution in [0.3, 0.4) is 0 Å². The Labute approximate surface area is 355 Å². The first-order valence-corrected chi connectivity index (χ1v) is 20.3. The van der Waals surface area contributed by atoms with E-state index >= 15 is 0 Å². The van der Waals surface area contributed by atoms with E-state index in [-0.39, 0.29) is 0 Å². The van der Waals surface area contributed by atoms with Crippen LogP contribution in [-0.2, 0) is 0 Å². The van der Waals surface area contributed by atoms with E-state index in [1.54, 1.807) is 0 Å². The lowest BCUT2D eigenvalue weighted by molar-refractivity contribution is 1.06. The fourth-order valence-electron chi connectivity index (χ4n) is 9.27. The number of para-hydroxylation sites is 2. The number of benzene rings is 9. The van der Waals surface area contributed by atoms with E-state index in [2.05, 4.69) is 140 Å². The summed E-state index contributed by atoms with van der Waals surface area (Å²) in [5, 5.41) is 9.21. The van der Waals surface area contributed by atoms with Gasteiger partial charge in [0.05, 0.1) is 46.6 Å². The van der Waals surface area contributed by atoms with Gasteiger partial charge in [-0.2, -0.15) is 0 Å². The van der Waals surface area contributed by atoms with Crippen molar-refractivity contribution in [3.63, 3.8) is 0 Å². The molecule has 286 valence electrons. The summed E-state index contributed by atoms with van der Waals surface area (Å²) in [4.78, 5) is 23.6. The van der Waals surface area contributed by atoms with Crippen LogP contribution in [-0.4, -0.2) is 24.1 Å². The predicted molar refractivity (Wildman–Crippen MR) is 252 cm³/mol. The molecule has 0 spiro atoms. The van der Waals surface area contributed by atoms with Gasteiger partial charge in [-0.05, 0) is 70.1 Å². The molecule has 0 atom stereocenters. The number of fused-ring (bicyclic) bond motifs is 10. The zero-order valence-electron chi connectivity index (χ0n) is 33.0. The second kappa shape index (κ2) is 13.8. The van der Waals surface area contributed by atoms with Gasteiger partial charge in [-0.1, -0.05) is 140 Å². The van der Waals surface area contributed by atoms with E-state index in [0.717, 1.165) is 71.3 Å². The Morgan fingerprint density at radius 1 is 0.355 bits per heavy atom. The molecule has 0 bridgehead atoms. The Hall–Kier alpha value is -8.91. The molecule has 0 fully saturated rings. The lowest BCUT2D eigenvalue weighted by Crippen LogP contribution is -2.05. The zero-order chi connectivity index (χ0) is 41.3. The second-order valence-electron chi connectivity index (χ2n) is 15.4. The van der Waals surface area contributed by atoms with Gasteiger partial charge in [0.25, 0.3) is 0 Å². The van der Waals surface area contributed by atoms with Crippen LogP contribution in [0.15, 0.2) is 188 Å². The number of rotatable bonds is 5. The zero-order valence-corrected chi connectivity index (χ0v) is 33.0. The van der Waals surface area contributed by atoms with Crippen molar-refractivity contribution in [2.75, 3.05) is 0 Å². The van der Waals surface area contributed by atoms with Crippen LogP contribution in [0.2, 0.25) is 0 Å². The molecule has 0 aliphatic carbocycles. The van der Waals surface area contributed by atoms with Crippen molar-refractivity contribution in [2.45, 2.75) is 0 Å². The van der Waals surface area contributed by atoms with E-state index < -0.39 is 0 Å². The highest BCUT2D eigenvalue weighted by Crippen LogP contribution is 2.43. The Kier molecular flexibility index (Phi) is 7.83. The molecule has 7 heteroatoms. The van der Waals surface area contributed by atoms with E-state index in [0.29, 0.717) is 40.0 Å². The van der Waals surface area contributed by atoms with Gasteiger partial charge < -0.3 is 9.13 Å². The van der Waals surface area contributed by atoms with Gasteiger partial charge in [-0.15, -0.1) is 0 Å². The van der Waals surface area contributed by atoms with Gasteiger partial charge in [0, 0.05) is 38.2 Å². The molecule has 62 heavy (non-hydrogen) atoms. The van der Waals surface area contributed by atoms with Crippen molar-refractivity contribution in [1.82, 2.24) is 24.1 Å². The van der Waals surface area contributed by atoms with Gasteiger partial charge in [0.2, 0.25) is 0 Å². The molecule has 3 heterocycles. The van der Waals surface area contributed by atoms with E-state index in [1.807, 2.05) is 66.7 Å². The highest BCUT2D eigenvalue weighted by atomic mass is 15.1. The Morgan fingerprint density at radius 2 is 0.774 bits per heavy atom. The molecule has 0 saturated heterocycles. The largest absolute Gasteiger partial charge is 0.309 e. The molecular weight excluding hydrogens is 759 g/mol.